The predicted molar refractivity (Wildman–Crippen MR) is 78.8 cm³/mol. The van der Waals surface area contributed by atoms with E-state index in [1.165, 1.54) is 32.1 Å². The third-order valence-electron chi connectivity index (χ3n) is 3.30. The van der Waals surface area contributed by atoms with Gasteiger partial charge in [-0.1, -0.05) is 19.3 Å². The van der Waals surface area contributed by atoms with Gasteiger partial charge < -0.3 is 15.5 Å². The van der Waals surface area contributed by atoms with E-state index in [0.29, 0.717) is 23.9 Å². The average Bonchev–Trinajstić information content (AvgIpc) is 2.40. The zero-order chi connectivity index (χ0) is 13.7. The van der Waals surface area contributed by atoms with Crippen LogP contribution in [0.4, 0.5) is 17.8 Å². The molecular weight excluding hydrogens is 240 g/mol. The minimum Gasteiger partial charge on any atom is -0.354 e. The SMILES string of the molecule is CCNc1nc(NC2CCCCC2)nc(N(C)C)n1. The molecule has 1 aliphatic rings. The lowest BCUT2D eigenvalue weighted by Crippen LogP contribution is -2.25. The zero-order valence-corrected chi connectivity index (χ0v) is 12.1. The predicted octanol–water partition coefficient (Wildman–Crippen LogP) is 2.11. The van der Waals surface area contributed by atoms with Crippen molar-refractivity contribution in [2.45, 2.75) is 45.1 Å². The molecule has 0 aliphatic heterocycles. The van der Waals surface area contributed by atoms with Crippen LogP contribution in [0.3, 0.4) is 0 Å². The highest BCUT2D eigenvalue weighted by Crippen LogP contribution is 2.21. The van der Waals surface area contributed by atoms with E-state index in [0.717, 1.165) is 6.54 Å². The molecule has 0 bridgehead atoms. The van der Waals surface area contributed by atoms with Crippen LogP contribution in [-0.4, -0.2) is 41.6 Å². The number of anilines is 3. The number of hydrogen-bond donors (Lipinski definition) is 2. The van der Waals surface area contributed by atoms with Crippen molar-refractivity contribution in [3.63, 3.8) is 0 Å². The summed E-state index contributed by atoms with van der Waals surface area (Å²) in [6.07, 6.45) is 6.35. The lowest BCUT2D eigenvalue weighted by atomic mass is 9.96. The van der Waals surface area contributed by atoms with Crippen LogP contribution in [0, 0.1) is 0 Å². The van der Waals surface area contributed by atoms with Gasteiger partial charge in [0.25, 0.3) is 0 Å². The van der Waals surface area contributed by atoms with E-state index in [1.54, 1.807) is 0 Å². The molecule has 1 heterocycles. The topological polar surface area (TPSA) is 66.0 Å². The van der Waals surface area contributed by atoms with Crippen molar-refractivity contribution in [3.8, 4) is 0 Å². The van der Waals surface area contributed by atoms with Gasteiger partial charge in [-0.3, -0.25) is 0 Å². The highest BCUT2D eigenvalue weighted by Gasteiger charge is 2.15. The minimum atomic E-state index is 0.501. The Morgan fingerprint density at radius 2 is 1.74 bits per heavy atom. The Morgan fingerprint density at radius 3 is 2.37 bits per heavy atom. The zero-order valence-electron chi connectivity index (χ0n) is 12.1. The first-order valence-corrected chi connectivity index (χ1v) is 7.13. The Kier molecular flexibility index (Phi) is 4.76. The Balaban J connectivity index is 2.12. The molecule has 1 aromatic rings. The second kappa shape index (κ2) is 6.54. The second-order valence-corrected chi connectivity index (χ2v) is 5.19. The van der Waals surface area contributed by atoms with E-state index < -0.39 is 0 Å². The number of hydrogen-bond acceptors (Lipinski definition) is 6. The molecule has 1 saturated carbocycles. The summed E-state index contributed by atoms with van der Waals surface area (Å²) in [6, 6.07) is 0.501. The van der Waals surface area contributed by atoms with E-state index in [2.05, 4.69) is 25.6 Å². The van der Waals surface area contributed by atoms with Crippen LogP contribution in [0.15, 0.2) is 0 Å². The van der Waals surface area contributed by atoms with Gasteiger partial charge in [-0.2, -0.15) is 15.0 Å². The number of aromatic nitrogens is 3. The smallest absolute Gasteiger partial charge is 0.231 e. The molecule has 1 aromatic heterocycles. The van der Waals surface area contributed by atoms with Crippen molar-refractivity contribution in [2.75, 3.05) is 36.2 Å². The van der Waals surface area contributed by atoms with Gasteiger partial charge in [-0.25, -0.2) is 0 Å². The second-order valence-electron chi connectivity index (χ2n) is 5.19. The molecule has 2 rings (SSSR count). The summed E-state index contributed by atoms with van der Waals surface area (Å²) in [5, 5.41) is 6.60. The highest BCUT2D eigenvalue weighted by atomic mass is 15.3. The first-order valence-electron chi connectivity index (χ1n) is 7.13. The van der Waals surface area contributed by atoms with Crippen molar-refractivity contribution >= 4 is 17.8 Å². The monoisotopic (exact) mass is 264 g/mol. The summed E-state index contributed by atoms with van der Waals surface area (Å²) >= 11 is 0. The number of rotatable bonds is 5. The molecule has 19 heavy (non-hydrogen) atoms. The molecule has 6 heteroatoms. The quantitative estimate of drug-likeness (QED) is 0.849. The van der Waals surface area contributed by atoms with E-state index in [4.69, 9.17) is 0 Å². The van der Waals surface area contributed by atoms with Gasteiger partial charge in [0.15, 0.2) is 0 Å². The van der Waals surface area contributed by atoms with E-state index in [9.17, 15) is 0 Å². The summed E-state index contributed by atoms with van der Waals surface area (Å²) in [7, 11) is 3.88. The Morgan fingerprint density at radius 1 is 1.05 bits per heavy atom. The lowest BCUT2D eigenvalue weighted by Gasteiger charge is -2.23. The fourth-order valence-corrected chi connectivity index (χ4v) is 2.30. The van der Waals surface area contributed by atoms with Crippen molar-refractivity contribution in [3.05, 3.63) is 0 Å². The summed E-state index contributed by atoms with van der Waals surface area (Å²) in [5.41, 5.74) is 0. The molecule has 0 atom stereocenters. The molecule has 1 aliphatic carbocycles. The Hall–Kier alpha value is -1.59. The summed E-state index contributed by atoms with van der Waals surface area (Å²) in [5.74, 6) is 2.00. The minimum absolute atomic E-state index is 0.501. The number of nitrogens with one attached hydrogen (secondary N) is 2. The van der Waals surface area contributed by atoms with Crippen molar-refractivity contribution < 1.29 is 0 Å². The van der Waals surface area contributed by atoms with Crippen LogP contribution in [0.5, 0.6) is 0 Å². The van der Waals surface area contributed by atoms with Gasteiger partial charge in [-0.15, -0.1) is 0 Å². The molecule has 0 aromatic carbocycles. The first-order chi connectivity index (χ1) is 9.19. The van der Waals surface area contributed by atoms with Crippen LogP contribution >= 0.6 is 0 Å². The third-order valence-corrected chi connectivity index (χ3v) is 3.30. The maximum absolute atomic E-state index is 4.46. The number of nitrogens with zero attached hydrogens (tertiary/aromatic N) is 4. The Bertz CT molecular complexity index is 400. The van der Waals surface area contributed by atoms with Gasteiger partial charge in [0, 0.05) is 26.7 Å². The third kappa shape index (κ3) is 3.94. The van der Waals surface area contributed by atoms with Gasteiger partial charge >= 0.3 is 0 Å². The fraction of sp³-hybridized carbons (Fsp3) is 0.769. The molecule has 2 N–H and O–H groups in total. The van der Waals surface area contributed by atoms with Crippen molar-refractivity contribution in [1.82, 2.24) is 15.0 Å². The summed E-state index contributed by atoms with van der Waals surface area (Å²) in [6.45, 7) is 2.84. The molecule has 1 fully saturated rings. The molecule has 0 radical (unpaired) electrons. The van der Waals surface area contributed by atoms with Crippen LogP contribution in [0.2, 0.25) is 0 Å². The van der Waals surface area contributed by atoms with Gasteiger partial charge in [0.1, 0.15) is 0 Å². The molecule has 106 valence electrons. The van der Waals surface area contributed by atoms with Crippen LogP contribution in [0.25, 0.3) is 0 Å². The van der Waals surface area contributed by atoms with E-state index in [-0.39, 0.29) is 0 Å². The average molecular weight is 264 g/mol. The maximum atomic E-state index is 4.46. The van der Waals surface area contributed by atoms with Crippen LogP contribution < -0.4 is 15.5 Å². The van der Waals surface area contributed by atoms with E-state index in [1.807, 2.05) is 25.9 Å². The van der Waals surface area contributed by atoms with Crippen molar-refractivity contribution in [1.29, 1.82) is 0 Å². The highest BCUT2D eigenvalue weighted by molar-refractivity contribution is 5.43. The molecular formula is C13H24N6. The van der Waals surface area contributed by atoms with Crippen LogP contribution in [0.1, 0.15) is 39.0 Å². The van der Waals surface area contributed by atoms with Gasteiger partial charge in [0.05, 0.1) is 0 Å². The molecule has 0 unspecified atom stereocenters. The summed E-state index contributed by atoms with van der Waals surface area (Å²) < 4.78 is 0. The molecule has 6 nitrogen and oxygen atoms in total. The van der Waals surface area contributed by atoms with Gasteiger partial charge in [-0.05, 0) is 19.8 Å². The Labute approximate surface area is 115 Å². The van der Waals surface area contributed by atoms with Crippen molar-refractivity contribution in [2.24, 2.45) is 0 Å². The normalized spacial score (nSPS) is 16.2. The first kappa shape index (κ1) is 13.8. The van der Waals surface area contributed by atoms with E-state index >= 15 is 0 Å². The molecule has 0 amide bonds. The summed E-state index contributed by atoms with van der Waals surface area (Å²) in [4.78, 5) is 15.2. The lowest BCUT2D eigenvalue weighted by molar-refractivity contribution is 0.461. The molecule has 0 spiro atoms. The fourth-order valence-electron chi connectivity index (χ4n) is 2.30. The van der Waals surface area contributed by atoms with Crippen LogP contribution in [-0.2, 0) is 0 Å². The van der Waals surface area contributed by atoms with Gasteiger partial charge in [0.2, 0.25) is 17.8 Å². The largest absolute Gasteiger partial charge is 0.354 e. The molecule has 0 saturated heterocycles. The maximum Gasteiger partial charge on any atom is 0.231 e. The standard InChI is InChI=1S/C13H24N6/c1-4-14-11-16-12(18-13(17-11)19(2)3)15-10-8-6-5-7-9-10/h10H,4-9H2,1-3H3,(H2,14,15,16,17,18).